The molecule has 6 rings (SSSR count). The number of nitrogens with one attached hydrogen (secondary N) is 2. The van der Waals surface area contributed by atoms with Crippen molar-refractivity contribution in [2.75, 3.05) is 31.1 Å². The lowest BCUT2D eigenvalue weighted by Crippen LogP contribution is -2.62. The first kappa shape index (κ1) is 24.9. The lowest BCUT2D eigenvalue weighted by molar-refractivity contribution is 0.156. The van der Waals surface area contributed by atoms with Crippen molar-refractivity contribution >= 4 is 39.9 Å². The molecule has 38 heavy (non-hydrogen) atoms. The minimum atomic E-state index is -0.634. The molecule has 2 aliphatic heterocycles. The fraction of sp³-hybridized carbons (Fsp3) is 0.333. The molecule has 1 spiro atoms. The maximum Gasteiger partial charge on any atom is 0.167 e. The molecule has 11 heteroatoms. The van der Waals surface area contributed by atoms with Gasteiger partial charge in [0.15, 0.2) is 11.6 Å². The molecule has 194 valence electrons. The van der Waals surface area contributed by atoms with E-state index in [1.165, 1.54) is 31.3 Å². The molecule has 2 N–H and O–H groups in total. The van der Waals surface area contributed by atoms with Gasteiger partial charge in [0, 0.05) is 66.2 Å². The zero-order valence-electron chi connectivity index (χ0n) is 20.6. The number of piperidine rings is 1. The third-order valence-corrected chi connectivity index (χ3v) is 7.99. The molecular formula is C27H24Cl2FN7O. The molecule has 8 nitrogen and oxygen atoms in total. The molecule has 0 saturated carbocycles. The van der Waals surface area contributed by atoms with Crippen LogP contribution in [0.2, 0.25) is 10.0 Å². The summed E-state index contributed by atoms with van der Waals surface area (Å²) < 4.78 is 20.9. The number of benzene rings is 1. The molecule has 5 heterocycles. The number of aromatic amines is 1. The minimum absolute atomic E-state index is 0.0219. The van der Waals surface area contributed by atoms with E-state index in [1.54, 1.807) is 25.3 Å². The molecule has 1 aromatic carbocycles. The van der Waals surface area contributed by atoms with Crippen LogP contribution in [0, 0.1) is 22.6 Å². The number of aromatic nitrogens is 4. The van der Waals surface area contributed by atoms with Gasteiger partial charge in [-0.3, -0.25) is 10.1 Å². The topological polar surface area (TPSA) is 103 Å². The maximum absolute atomic E-state index is 14.9. The van der Waals surface area contributed by atoms with Crippen LogP contribution >= 0.6 is 23.2 Å². The van der Waals surface area contributed by atoms with Crippen LogP contribution in [-0.2, 0) is 0 Å². The highest BCUT2D eigenvalue weighted by Gasteiger charge is 2.44. The lowest BCUT2D eigenvalue weighted by atomic mass is 9.74. The number of ether oxygens (including phenoxy) is 1. The van der Waals surface area contributed by atoms with Crippen molar-refractivity contribution in [1.82, 2.24) is 25.5 Å². The fourth-order valence-corrected chi connectivity index (χ4v) is 6.19. The summed E-state index contributed by atoms with van der Waals surface area (Å²) in [5.74, 6) is 0.145. The molecule has 0 radical (unpaired) electrons. The van der Waals surface area contributed by atoms with Crippen molar-refractivity contribution in [3.8, 4) is 23.1 Å². The van der Waals surface area contributed by atoms with Gasteiger partial charge in [0.25, 0.3) is 0 Å². The normalized spacial score (nSPS) is 17.3. The molecular weight excluding hydrogens is 528 g/mol. The third kappa shape index (κ3) is 4.33. The summed E-state index contributed by atoms with van der Waals surface area (Å²) in [6.45, 7) is 5.57. The Labute approximate surface area is 228 Å². The lowest BCUT2D eigenvalue weighted by Gasteiger charge is -2.53. The molecule has 0 aliphatic carbocycles. The number of H-pyrrole nitrogens is 1. The second-order valence-corrected chi connectivity index (χ2v) is 10.8. The highest BCUT2D eigenvalue weighted by atomic mass is 35.5. The minimum Gasteiger partial charge on any atom is -0.483 e. The molecule has 1 atom stereocenters. The number of halogens is 3. The standard InChI is InChI=1S/C27H24Cl2FN7O/c1-15(24-19(28)10-33-11-20(24)29)38-23-6-18-22(7-21(23)30)35-36-25(18)17-5-16(8-31)26(34-9-17)37-13-27(14-37)3-2-4-32-12-27/h5-7,9-11,15,32H,2-4,12-14H2,1H3,(H,35,36)/t15-/m1/s1. The van der Waals surface area contributed by atoms with Crippen LogP contribution in [0.15, 0.2) is 36.8 Å². The Balaban J connectivity index is 1.30. The van der Waals surface area contributed by atoms with Gasteiger partial charge in [-0.15, -0.1) is 0 Å². The van der Waals surface area contributed by atoms with E-state index in [1.807, 2.05) is 0 Å². The maximum atomic E-state index is 14.9. The smallest absolute Gasteiger partial charge is 0.167 e. The van der Waals surface area contributed by atoms with E-state index in [0.717, 1.165) is 26.2 Å². The summed E-state index contributed by atoms with van der Waals surface area (Å²) >= 11 is 12.5. The predicted molar refractivity (Wildman–Crippen MR) is 144 cm³/mol. The summed E-state index contributed by atoms with van der Waals surface area (Å²) in [6.07, 6.45) is 6.36. The molecule has 2 saturated heterocycles. The van der Waals surface area contributed by atoms with E-state index in [9.17, 15) is 9.65 Å². The van der Waals surface area contributed by atoms with Gasteiger partial charge in [0.1, 0.15) is 23.7 Å². The second-order valence-electron chi connectivity index (χ2n) is 10.0. The molecule has 3 aromatic heterocycles. The first-order valence-electron chi connectivity index (χ1n) is 12.4. The number of fused-ring (bicyclic) bond motifs is 1. The Kier molecular flexibility index (Phi) is 6.34. The van der Waals surface area contributed by atoms with Gasteiger partial charge >= 0.3 is 0 Å². The van der Waals surface area contributed by atoms with E-state index < -0.39 is 11.9 Å². The van der Waals surface area contributed by atoms with Gasteiger partial charge in [-0.1, -0.05) is 23.2 Å². The monoisotopic (exact) mass is 551 g/mol. The van der Waals surface area contributed by atoms with Crippen LogP contribution in [0.3, 0.4) is 0 Å². The number of nitriles is 1. The number of hydrogen-bond donors (Lipinski definition) is 2. The van der Waals surface area contributed by atoms with Crippen LogP contribution in [0.5, 0.6) is 5.75 Å². The Morgan fingerprint density at radius 2 is 1.97 bits per heavy atom. The highest BCUT2D eigenvalue weighted by molar-refractivity contribution is 6.35. The quantitative estimate of drug-likeness (QED) is 0.329. The van der Waals surface area contributed by atoms with Crippen LogP contribution in [0.4, 0.5) is 10.2 Å². The van der Waals surface area contributed by atoms with Crippen LogP contribution in [0.25, 0.3) is 22.2 Å². The summed E-state index contributed by atoms with van der Waals surface area (Å²) in [7, 11) is 0. The Morgan fingerprint density at radius 3 is 2.68 bits per heavy atom. The van der Waals surface area contributed by atoms with Crippen LogP contribution < -0.4 is 15.0 Å². The zero-order valence-corrected chi connectivity index (χ0v) is 22.1. The average molecular weight is 552 g/mol. The summed E-state index contributed by atoms with van der Waals surface area (Å²) in [5, 5.41) is 21.9. The van der Waals surface area contributed by atoms with Gasteiger partial charge < -0.3 is 15.0 Å². The van der Waals surface area contributed by atoms with Gasteiger partial charge in [-0.05, 0) is 38.4 Å². The SMILES string of the molecule is C[C@@H](Oc1cc2c(-c3cnc(N4CC5(CCCNC5)C4)c(C#N)c3)n[nH]c2cc1F)c1c(Cl)cncc1Cl. The first-order valence-corrected chi connectivity index (χ1v) is 13.1. The molecule has 2 fully saturated rings. The number of nitrogens with zero attached hydrogens (tertiary/aromatic N) is 5. The molecule has 0 bridgehead atoms. The van der Waals surface area contributed by atoms with Crippen molar-refractivity contribution < 1.29 is 9.13 Å². The Morgan fingerprint density at radius 1 is 1.18 bits per heavy atom. The molecule has 2 aliphatic rings. The number of anilines is 1. The van der Waals surface area contributed by atoms with Gasteiger partial charge in [-0.25, -0.2) is 9.37 Å². The Hall–Kier alpha value is -3.45. The molecule has 0 unspecified atom stereocenters. The third-order valence-electron chi connectivity index (χ3n) is 7.39. The summed E-state index contributed by atoms with van der Waals surface area (Å²) in [5.41, 5.74) is 2.96. The van der Waals surface area contributed by atoms with Crippen molar-refractivity contribution in [3.63, 3.8) is 0 Å². The van der Waals surface area contributed by atoms with Gasteiger partial charge in [-0.2, -0.15) is 10.4 Å². The van der Waals surface area contributed by atoms with E-state index in [4.69, 9.17) is 27.9 Å². The van der Waals surface area contributed by atoms with Crippen molar-refractivity contribution in [1.29, 1.82) is 5.26 Å². The van der Waals surface area contributed by atoms with Crippen LogP contribution in [-0.4, -0.2) is 46.3 Å². The average Bonchev–Trinajstić information content (AvgIpc) is 3.30. The number of hydrogen-bond acceptors (Lipinski definition) is 7. The summed E-state index contributed by atoms with van der Waals surface area (Å²) in [6, 6.07) is 6.98. The van der Waals surface area contributed by atoms with Gasteiger partial charge in [0.2, 0.25) is 0 Å². The van der Waals surface area contributed by atoms with Crippen molar-refractivity contribution in [2.45, 2.75) is 25.9 Å². The van der Waals surface area contributed by atoms with E-state index in [0.29, 0.717) is 49.2 Å². The number of pyridine rings is 2. The zero-order chi connectivity index (χ0) is 26.4. The molecule has 0 amide bonds. The number of rotatable bonds is 5. The van der Waals surface area contributed by atoms with E-state index in [2.05, 4.69) is 36.5 Å². The van der Waals surface area contributed by atoms with Gasteiger partial charge in [0.05, 0.1) is 21.1 Å². The Bertz CT molecular complexity index is 1550. The van der Waals surface area contributed by atoms with Crippen LogP contribution in [0.1, 0.15) is 37.0 Å². The molecule has 4 aromatic rings. The predicted octanol–water partition coefficient (Wildman–Crippen LogP) is 5.67. The first-order chi connectivity index (χ1) is 18.4. The summed E-state index contributed by atoms with van der Waals surface area (Å²) in [4.78, 5) is 10.8. The van der Waals surface area contributed by atoms with E-state index in [-0.39, 0.29) is 11.2 Å². The van der Waals surface area contributed by atoms with Crippen molar-refractivity contribution in [3.05, 3.63) is 63.8 Å². The van der Waals surface area contributed by atoms with E-state index >= 15 is 0 Å². The fourth-order valence-electron chi connectivity index (χ4n) is 5.52. The van der Waals surface area contributed by atoms with Crippen molar-refractivity contribution in [2.24, 2.45) is 5.41 Å². The second kappa shape index (κ2) is 9.70. The highest BCUT2D eigenvalue weighted by Crippen LogP contribution is 2.41. The largest absolute Gasteiger partial charge is 0.483 e.